The Labute approximate surface area is 220 Å². The van der Waals surface area contributed by atoms with Gasteiger partial charge in [0.1, 0.15) is 11.2 Å². The van der Waals surface area contributed by atoms with Crippen molar-refractivity contribution in [3.05, 3.63) is 46.5 Å². The van der Waals surface area contributed by atoms with Crippen molar-refractivity contribution in [2.75, 3.05) is 0 Å². The SMILES string of the molecule is CC(C)(C)c1cc(C(C)(C)C)c2op(C3CCCC3)oc3c(C(C)(C)C)cc(C(C)(C)C)cc3c2c1. The van der Waals surface area contributed by atoms with Gasteiger partial charge in [0.2, 0.25) is 8.01 Å². The van der Waals surface area contributed by atoms with Gasteiger partial charge in [-0.1, -0.05) is 108 Å². The highest BCUT2D eigenvalue weighted by atomic mass is 31.1. The highest BCUT2D eigenvalue weighted by Gasteiger charge is 2.30. The summed E-state index contributed by atoms with van der Waals surface area (Å²) in [7, 11) is -1.07. The number of hydrogen-bond acceptors (Lipinski definition) is 2. The van der Waals surface area contributed by atoms with E-state index in [-0.39, 0.29) is 21.7 Å². The van der Waals surface area contributed by atoms with E-state index < -0.39 is 8.01 Å². The van der Waals surface area contributed by atoms with Crippen LogP contribution in [0.3, 0.4) is 0 Å². The zero-order chi connectivity index (χ0) is 26.8. The Bertz CT molecular complexity index is 1210. The molecule has 1 fully saturated rings. The van der Waals surface area contributed by atoms with Crippen LogP contribution in [0.4, 0.5) is 0 Å². The molecular weight excluding hydrogens is 459 g/mol. The minimum absolute atomic E-state index is 0.0348. The Hall–Kier alpha value is -1.66. The molecule has 1 aliphatic rings. The molecule has 1 aromatic heterocycles. The van der Waals surface area contributed by atoms with Gasteiger partial charge in [-0.2, -0.15) is 0 Å². The van der Waals surface area contributed by atoms with Crippen LogP contribution in [0, 0.1) is 0 Å². The standard InChI is InChI=1S/C33H49O2P/c1-30(2,3)21-17-24-25-18-22(31(4,5)6)20-27(33(10,11)12)29(25)35-36(23-15-13-14-16-23)34-28(24)26(19-21)32(7,8)9/h17-20,23H,13-16H2,1-12H3. The van der Waals surface area contributed by atoms with E-state index in [0.717, 1.165) is 11.2 Å². The molecule has 1 heterocycles. The summed E-state index contributed by atoms with van der Waals surface area (Å²) in [5.74, 6) is 0. The summed E-state index contributed by atoms with van der Waals surface area (Å²) in [5.41, 5.74) is 7.89. The van der Waals surface area contributed by atoms with Crippen molar-refractivity contribution in [2.24, 2.45) is 0 Å². The number of fused-ring (bicyclic) bond motifs is 3. The van der Waals surface area contributed by atoms with Crippen LogP contribution in [0.25, 0.3) is 21.9 Å². The zero-order valence-electron chi connectivity index (χ0n) is 25.0. The first-order chi connectivity index (χ1) is 16.4. The highest BCUT2D eigenvalue weighted by molar-refractivity contribution is 7.37. The predicted molar refractivity (Wildman–Crippen MR) is 159 cm³/mol. The Balaban J connectivity index is 2.33. The third kappa shape index (κ3) is 5.31. The average Bonchev–Trinajstić information content (AvgIpc) is 3.19. The van der Waals surface area contributed by atoms with Crippen LogP contribution < -0.4 is 0 Å². The number of benzene rings is 2. The van der Waals surface area contributed by atoms with Crippen LogP contribution in [0.1, 0.15) is 137 Å². The van der Waals surface area contributed by atoms with Gasteiger partial charge >= 0.3 is 0 Å². The summed E-state index contributed by atoms with van der Waals surface area (Å²) in [4.78, 5) is 0. The molecule has 0 amide bonds. The summed E-state index contributed by atoms with van der Waals surface area (Å²) in [6.45, 7) is 27.8. The molecule has 0 N–H and O–H groups in total. The maximum absolute atomic E-state index is 7.08. The van der Waals surface area contributed by atoms with Crippen molar-refractivity contribution in [3.8, 4) is 0 Å². The van der Waals surface area contributed by atoms with Gasteiger partial charge in [-0.15, -0.1) is 0 Å². The lowest BCUT2D eigenvalue weighted by molar-refractivity contribution is 0.549. The minimum atomic E-state index is -1.07. The topological polar surface area (TPSA) is 26.3 Å². The van der Waals surface area contributed by atoms with Crippen molar-refractivity contribution < 1.29 is 8.39 Å². The molecule has 1 aliphatic carbocycles. The Kier molecular flexibility index (Phi) is 6.82. The lowest BCUT2D eigenvalue weighted by Crippen LogP contribution is -2.17. The quantitative estimate of drug-likeness (QED) is 0.327. The summed E-state index contributed by atoms with van der Waals surface area (Å²) in [5, 5.41) is 2.42. The predicted octanol–water partition coefficient (Wildman–Crippen LogP) is 11.6. The maximum atomic E-state index is 7.08. The monoisotopic (exact) mass is 508 g/mol. The maximum Gasteiger partial charge on any atom is 0.219 e. The number of hydrogen-bond donors (Lipinski definition) is 0. The van der Waals surface area contributed by atoms with E-state index in [9.17, 15) is 0 Å². The third-order valence-electron chi connectivity index (χ3n) is 7.80. The first-order valence-corrected chi connectivity index (χ1v) is 15.2. The van der Waals surface area contributed by atoms with Gasteiger partial charge in [-0.3, -0.25) is 0 Å². The Morgan fingerprint density at radius 2 is 0.917 bits per heavy atom. The molecule has 4 rings (SSSR count). The van der Waals surface area contributed by atoms with E-state index in [1.54, 1.807) is 0 Å². The Morgan fingerprint density at radius 3 is 1.22 bits per heavy atom. The van der Waals surface area contributed by atoms with E-state index in [1.165, 1.54) is 58.7 Å². The van der Waals surface area contributed by atoms with Gasteiger partial charge in [0, 0.05) is 21.9 Å². The fraction of sp³-hybridized carbons (Fsp3) is 0.636. The molecule has 198 valence electrons. The summed E-state index contributed by atoms with van der Waals surface area (Å²) >= 11 is 0. The van der Waals surface area contributed by atoms with Gasteiger partial charge < -0.3 is 8.39 Å². The molecule has 0 bridgehead atoms. The summed E-state index contributed by atoms with van der Waals surface area (Å²) in [6, 6.07) is 9.62. The van der Waals surface area contributed by atoms with Gasteiger partial charge in [0.25, 0.3) is 0 Å². The molecule has 2 nitrogen and oxygen atoms in total. The van der Waals surface area contributed by atoms with Gasteiger partial charge in [-0.05, 0) is 57.8 Å². The molecular formula is C33H49O2P. The molecule has 0 saturated heterocycles. The lowest BCUT2D eigenvalue weighted by atomic mass is 9.77. The molecule has 1 saturated carbocycles. The number of rotatable bonds is 1. The van der Waals surface area contributed by atoms with Crippen LogP contribution in [0.5, 0.6) is 0 Å². The average molecular weight is 509 g/mol. The first kappa shape index (κ1) is 27.4. The lowest BCUT2D eigenvalue weighted by Gasteiger charge is -2.27. The first-order valence-electron chi connectivity index (χ1n) is 13.9. The normalized spacial score (nSPS) is 16.3. The van der Waals surface area contributed by atoms with Crippen molar-refractivity contribution in [3.63, 3.8) is 0 Å². The van der Waals surface area contributed by atoms with E-state index >= 15 is 0 Å². The second kappa shape index (κ2) is 8.97. The van der Waals surface area contributed by atoms with Gasteiger partial charge in [0.05, 0.1) is 5.66 Å². The largest absolute Gasteiger partial charge is 0.419 e. The fourth-order valence-corrected chi connectivity index (χ4v) is 7.17. The van der Waals surface area contributed by atoms with Gasteiger partial charge in [0.15, 0.2) is 0 Å². The fourth-order valence-electron chi connectivity index (χ4n) is 5.30. The van der Waals surface area contributed by atoms with E-state index in [2.05, 4.69) is 107 Å². The molecule has 0 atom stereocenters. The molecule has 0 radical (unpaired) electrons. The molecule has 36 heavy (non-hydrogen) atoms. The van der Waals surface area contributed by atoms with Crippen molar-refractivity contribution in [1.29, 1.82) is 0 Å². The van der Waals surface area contributed by atoms with Crippen LogP contribution >= 0.6 is 8.01 Å². The molecule has 3 aromatic rings. The minimum Gasteiger partial charge on any atom is -0.419 e. The second-order valence-electron chi connectivity index (χ2n) is 15.2. The second-order valence-corrected chi connectivity index (χ2v) is 16.9. The summed E-state index contributed by atoms with van der Waals surface area (Å²) < 4.78 is 14.2. The zero-order valence-corrected chi connectivity index (χ0v) is 25.9. The highest BCUT2D eigenvalue weighted by Crippen LogP contribution is 2.53. The molecule has 0 aliphatic heterocycles. The van der Waals surface area contributed by atoms with Gasteiger partial charge in [-0.25, -0.2) is 0 Å². The molecule has 2 aromatic carbocycles. The third-order valence-corrected chi connectivity index (χ3v) is 9.64. The van der Waals surface area contributed by atoms with Crippen LogP contribution in [0.15, 0.2) is 32.7 Å². The van der Waals surface area contributed by atoms with Crippen molar-refractivity contribution in [1.82, 2.24) is 0 Å². The molecule has 0 unspecified atom stereocenters. The van der Waals surface area contributed by atoms with Crippen molar-refractivity contribution >= 4 is 30.0 Å². The van der Waals surface area contributed by atoms with E-state index in [4.69, 9.17) is 8.39 Å². The van der Waals surface area contributed by atoms with Crippen LogP contribution in [0.2, 0.25) is 0 Å². The van der Waals surface area contributed by atoms with E-state index in [0.29, 0.717) is 5.66 Å². The van der Waals surface area contributed by atoms with E-state index in [1.807, 2.05) is 0 Å². The summed E-state index contributed by atoms with van der Waals surface area (Å²) in [6.07, 6.45) is 4.96. The Morgan fingerprint density at radius 1 is 0.556 bits per heavy atom. The van der Waals surface area contributed by atoms with Crippen LogP contribution in [-0.4, -0.2) is 0 Å². The van der Waals surface area contributed by atoms with Crippen LogP contribution in [-0.2, 0) is 21.7 Å². The molecule has 3 heteroatoms. The molecule has 0 spiro atoms. The smallest absolute Gasteiger partial charge is 0.219 e. The van der Waals surface area contributed by atoms with Crippen molar-refractivity contribution in [2.45, 2.75) is 136 Å².